The molecule has 0 aliphatic carbocycles. The van der Waals surface area contributed by atoms with Crippen molar-refractivity contribution in [3.63, 3.8) is 0 Å². The smallest absolute Gasteiger partial charge is 0.242 e. The lowest BCUT2D eigenvalue weighted by molar-refractivity contribution is -0.131. The number of carbonyl (C=O) groups excluding carboxylic acids is 2. The van der Waals surface area contributed by atoms with Gasteiger partial charge in [0.15, 0.2) is 0 Å². The fraction of sp³-hybridized carbons (Fsp3) is 0.889. The molecule has 0 radical (unpaired) electrons. The Morgan fingerprint density at radius 1 is 0.800 bits per heavy atom. The first-order chi connectivity index (χ1) is 11.9. The average Bonchev–Trinajstić information content (AvgIpc) is 2.56. The van der Waals surface area contributed by atoms with Crippen molar-refractivity contribution in [2.24, 2.45) is 11.8 Å². The van der Waals surface area contributed by atoms with Gasteiger partial charge in [0.1, 0.15) is 6.04 Å². The lowest BCUT2D eigenvalue weighted by Crippen LogP contribution is -2.51. The standard InChI is InChI=1S/C18H36N2O5/c1-6-8-23-10-12-25-13-11-24-9-7-19-18(22)16(14(2)3)20-17(21)15(4)5/h14-16H,6-13H2,1-5H3,(H,19,22)(H,20,21)/t16-/m0/s1. The molecule has 0 bridgehead atoms. The van der Waals surface area contributed by atoms with Gasteiger partial charge in [0, 0.05) is 19.1 Å². The Hall–Kier alpha value is -1.18. The molecular formula is C18H36N2O5. The second kappa shape index (κ2) is 15.1. The van der Waals surface area contributed by atoms with E-state index in [4.69, 9.17) is 14.2 Å². The summed E-state index contributed by atoms with van der Waals surface area (Å²) < 4.78 is 16.1. The first kappa shape index (κ1) is 23.8. The third kappa shape index (κ3) is 12.8. The Morgan fingerprint density at radius 2 is 1.32 bits per heavy atom. The molecule has 0 heterocycles. The molecule has 0 aromatic carbocycles. The van der Waals surface area contributed by atoms with E-state index >= 15 is 0 Å². The van der Waals surface area contributed by atoms with Crippen molar-refractivity contribution in [3.05, 3.63) is 0 Å². The molecule has 0 aromatic heterocycles. The number of amides is 2. The van der Waals surface area contributed by atoms with Crippen LogP contribution in [-0.4, -0.2) is 64.0 Å². The normalized spacial score (nSPS) is 12.4. The molecule has 0 aromatic rings. The van der Waals surface area contributed by atoms with Gasteiger partial charge in [0.05, 0.1) is 33.0 Å². The van der Waals surface area contributed by atoms with E-state index in [1.165, 1.54) is 0 Å². The minimum absolute atomic E-state index is 0.0203. The minimum Gasteiger partial charge on any atom is -0.379 e. The molecular weight excluding hydrogens is 324 g/mol. The number of hydrogen-bond acceptors (Lipinski definition) is 5. The maximum atomic E-state index is 12.2. The highest BCUT2D eigenvalue weighted by Gasteiger charge is 2.24. The van der Waals surface area contributed by atoms with Crippen LogP contribution in [0.15, 0.2) is 0 Å². The van der Waals surface area contributed by atoms with Crippen molar-refractivity contribution in [1.82, 2.24) is 10.6 Å². The summed E-state index contributed by atoms with van der Waals surface area (Å²) in [6.45, 7) is 13.2. The molecule has 2 amide bonds. The van der Waals surface area contributed by atoms with E-state index in [0.29, 0.717) is 39.6 Å². The van der Waals surface area contributed by atoms with Crippen LogP contribution in [0.3, 0.4) is 0 Å². The van der Waals surface area contributed by atoms with E-state index in [1.807, 2.05) is 13.8 Å². The van der Waals surface area contributed by atoms with Gasteiger partial charge in [-0.25, -0.2) is 0 Å². The van der Waals surface area contributed by atoms with Crippen LogP contribution in [0.1, 0.15) is 41.0 Å². The van der Waals surface area contributed by atoms with Gasteiger partial charge in [0.25, 0.3) is 0 Å². The lowest BCUT2D eigenvalue weighted by Gasteiger charge is -2.22. The second-order valence-corrected chi connectivity index (χ2v) is 6.51. The zero-order valence-corrected chi connectivity index (χ0v) is 16.4. The highest BCUT2D eigenvalue weighted by molar-refractivity contribution is 5.88. The second-order valence-electron chi connectivity index (χ2n) is 6.51. The summed E-state index contributed by atoms with van der Waals surface area (Å²) in [6.07, 6.45) is 1.01. The Kier molecular flexibility index (Phi) is 14.4. The van der Waals surface area contributed by atoms with E-state index in [1.54, 1.807) is 13.8 Å². The third-order valence-electron chi connectivity index (χ3n) is 3.41. The quantitative estimate of drug-likeness (QED) is 0.431. The van der Waals surface area contributed by atoms with Gasteiger partial charge in [0.2, 0.25) is 11.8 Å². The van der Waals surface area contributed by atoms with Gasteiger partial charge in [-0.05, 0) is 12.3 Å². The molecule has 0 fully saturated rings. The lowest BCUT2D eigenvalue weighted by atomic mass is 10.0. The van der Waals surface area contributed by atoms with E-state index in [2.05, 4.69) is 17.6 Å². The number of hydrogen-bond donors (Lipinski definition) is 2. The first-order valence-corrected chi connectivity index (χ1v) is 9.21. The van der Waals surface area contributed by atoms with Crippen LogP contribution in [0.2, 0.25) is 0 Å². The fourth-order valence-corrected chi connectivity index (χ4v) is 1.90. The summed E-state index contributed by atoms with van der Waals surface area (Å²) in [7, 11) is 0. The number of rotatable bonds is 15. The number of carbonyl (C=O) groups is 2. The molecule has 7 heteroatoms. The summed E-state index contributed by atoms with van der Waals surface area (Å²) in [5.74, 6) is -0.432. The van der Waals surface area contributed by atoms with Crippen molar-refractivity contribution in [2.75, 3.05) is 46.2 Å². The largest absolute Gasteiger partial charge is 0.379 e. The van der Waals surface area contributed by atoms with Gasteiger partial charge >= 0.3 is 0 Å². The Bertz CT molecular complexity index is 361. The Morgan fingerprint density at radius 3 is 1.80 bits per heavy atom. The molecule has 0 aliphatic rings. The topological polar surface area (TPSA) is 85.9 Å². The van der Waals surface area contributed by atoms with Crippen LogP contribution in [0.4, 0.5) is 0 Å². The molecule has 0 rings (SSSR count). The maximum absolute atomic E-state index is 12.2. The summed E-state index contributed by atoms with van der Waals surface area (Å²) in [4.78, 5) is 24.0. The predicted octanol–water partition coefficient (Wildman–Crippen LogP) is 1.36. The molecule has 0 spiro atoms. The summed E-state index contributed by atoms with van der Waals surface area (Å²) >= 11 is 0. The van der Waals surface area contributed by atoms with E-state index < -0.39 is 6.04 Å². The van der Waals surface area contributed by atoms with Crippen molar-refractivity contribution in [2.45, 2.75) is 47.1 Å². The van der Waals surface area contributed by atoms with Crippen molar-refractivity contribution in [3.8, 4) is 0 Å². The zero-order valence-electron chi connectivity index (χ0n) is 16.4. The fourth-order valence-electron chi connectivity index (χ4n) is 1.90. The summed E-state index contributed by atoms with van der Waals surface area (Å²) in [5, 5.41) is 5.58. The average molecular weight is 360 g/mol. The number of ether oxygens (including phenoxy) is 3. The van der Waals surface area contributed by atoms with Gasteiger partial charge in [-0.15, -0.1) is 0 Å². The molecule has 1 atom stereocenters. The first-order valence-electron chi connectivity index (χ1n) is 9.21. The molecule has 2 N–H and O–H groups in total. The number of nitrogens with one attached hydrogen (secondary N) is 2. The van der Waals surface area contributed by atoms with Crippen LogP contribution in [-0.2, 0) is 23.8 Å². The molecule has 7 nitrogen and oxygen atoms in total. The Labute approximate surface area is 152 Å². The van der Waals surface area contributed by atoms with Crippen LogP contribution in [0.5, 0.6) is 0 Å². The molecule has 0 saturated carbocycles. The van der Waals surface area contributed by atoms with Crippen molar-refractivity contribution < 1.29 is 23.8 Å². The minimum atomic E-state index is -0.527. The van der Waals surface area contributed by atoms with Crippen LogP contribution in [0.25, 0.3) is 0 Å². The molecule has 25 heavy (non-hydrogen) atoms. The van der Waals surface area contributed by atoms with Crippen molar-refractivity contribution >= 4 is 11.8 Å². The van der Waals surface area contributed by atoms with E-state index in [9.17, 15) is 9.59 Å². The van der Waals surface area contributed by atoms with Gasteiger partial charge < -0.3 is 24.8 Å². The zero-order chi connectivity index (χ0) is 19.1. The molecule has 0 saturated heterocycles. The summed E-state index contributed by atoms with van der Waals surface area (Å²) in [6, 6.07) is -0.527. The summed E-state index contributed by atoms with van der Waals surface area (Å²) in [5.41, 5.74) is 0. The molecule has 0 unspecified atom stereocenters. The van der Waals surface area contributed by atoms with Crippen LogP contribution in [0, 0.1) is 11.8 Å². The van der Waals surface area contributed by atoms with Crippen molar-refractivity contribution in [1.29, 1.82) is 0 Å². The Balaban J connectivity index is 3.74. The van der Waals surface area contributed by atoms with E-state index in [-0.39, 0.29) is 23.7 Å². The highest BCUT2D eigenvalue weighted by Crippen LogP contribution is 2.03. The van der Waals surface area contributed by atoms with Crippen LogP contribution < -0.4 is 10.6 Å². The third-order valence-corrected chi connectivity index (χ3v) is 3.41. The van der Waals surface area contributed by atoms with Gasteiger partial charge in [-0.3, -0.25) is 9.59 Å². The van der Waals surface area contributed by atoms with E-state index in [0.717, 1.165) is 13.0 Å². The van der Waals surface area contributed by atoms with Gasteiger partial charge in [-0.1, -0.05) is 34.6 Å². The molecule has 0 aliphatic heterocycles. The molecule has 148 valence electrons. The monoisotopic (exact) mass is 360 g/mol. The van der Waals surface area contributed by atoms with Crippen LogP contribution >= 0.6 is 0 Å². The predicted molar refractivity (Wildman–Crippen MR) is 97.4 cm³/mol. The van der Waals surface area contributed by atoms with Gasteiger partial charge in [-0.2, -0.15) is 0 Å². The maximum Gasteiger partial charge on any atom is 0.242 e. The highest BCUT2D eigenvalue weighted by atomic mass is 16.5. The SMILES string of the molecule is CCCOCCOCCOCCNC(=O)[C@@H](NC(=O)C(C)C)C(C)C.